The standard InChI is InChI=1S/C14H15NO4/c1-3-19-14(16)11(2)5-4-6-12-7-9-13(10-8-12)15(17)18/h4,6-10H,2-3,5H2,1H3/b6-4+. The smallest absolute Gasteiger partial charge is 0.333 e. The Morgan fingerprint density at radius 3 is 2.58 bits per heavy atom. The monoisotopic (exact) mass is 261 g/mol. The van der Waals surface area contributed by atoms with Crippen LogP contribution in [0.5, 0.6) is 0 Å². The third-order valence-corrected chi connectivity index (χ3v) is 2.34. The summed E-state index contributed by atoms with van der Waals surface area (Å²) in [6.45, 7) is 5.68. The lowest BCUT2D eigenvalue weighted by Gasteiger charge is -2.01. The number of carbonyl (C=O) groups is 1. The van der Waals surface area contributed by atoms with Crippen LogP contribution in [0.4, 0.5) is 5.69 Å². The largest absolute Gasteiger partial charge is 0.463 e. The van der Waals surface area contributed by atoms with Gasteiger partial charge in [0.1, 0.15) is 0 Å². The van der Waals surface area contributed by atoms with Crippen molar-refractivity contribution in [2.24, 2.45) is 0 Å². The van der Waals surface area contributed by atoms with Crippen LogP contribution in [0.25, 0.3) is 6.08 Å². The first-order chi connectivity index (χ1) is 9.04. The molecule has 0 aromatic heterocycles. The lowest BCUT2D eigenvalue weighted by molar-refractivity contribution is -0.384. The maximum Gasteiger partial charge on any atom is 0.333 e. The van der Waals surface area contributed by atoms with Crippen molar-refractivity contribution in [1.82, 2.24) is 0 Å². The molecule has 5 heteroatoms. The summed E-state index contributed by atoms with van der Waals surface area (Å²) in [7, 11) is 0. The van der Waals surface area contributed by atoms with Crippen LogP contribution in [0, 0.1) is 10.1 Å². The quantitative estimate of drug-likeness (QED) is 0.341. The molecule has 0 aliphatic heterocycles. The van der Waals surface area contributed by atoms with Crippen LogP contribution >= 0.6 is 0 Å². The van der Waals surface area contributed by atoms with Crippen molar-refractivity contribution < 1.29 is 14.5 Å². The molecule has 0 heterocycles. The molecule has 0 fully saturated rings. The van der Waals surface area contributed by atoms with Gasteiger partial charge in [-0.3, -0.25) is 10.1 Å². The summed E-state index contributed by atoms with van der Waals surface area (Å²) in [5, 5.41) is 10.5. The first-order valence-corrected chi connectivity index (χ1v) is 5.80. The molecular formula is C14H15NO4. The van der Waals surface area contributed by atoms with Crippen molar-refractivity contribution >= 4 is 17.7 Å². The molecule has 0 aliphatic rings. The number of hydrogen-bond donors (Lipinski definition) is 0. The predicted octanol–water partition coefficient (Wildman–Crippen LogP) is 3.12. The van der Waals surface area contributed by atoms with E-state index < -0.39 is 10.9 Å². The van der Waals surface area contributed by atoms with Gasteiger partial charge in [0.05, 0.1) is 11.5 Å². The third-order valence-electron chi connectivity index (χ3n) is 2.34. The molecule has 100 valence electrons. The summed E-state index contributed by atoms with van der Waals surface area (Å²) >= 11 is 0. The van der Waals surface area contributed by atoms with Gasteiger partial charge in [-0.2, -0.15) is 0 Å². The van der Waals surface area contributed by atoms with Gasteiger partial charge in [0.2, 0.25) is 0 Å². The molecule has 0 unspecified atom stereocenters. The van der Waals surface area contributed by atoms with Gasteiger partial charge < -0.3 is 4.74 Å². The molecule has 0 amide bonds. The lowest BCUT2D eigenvalue weighted by atomic mass is 10.1. The zero-order valence-corrected chi connectivity index (χ0v) is 10.7. The minimum Gasteiger partial charge on any atom is -0.463 e. The van der Waals surface area contributed by atoms with Gasteiger partial charge in [0.15, 0.2) is 0 Å². The van der Waals surface area contributed by atoms with Crippen molar-refractivity contribution in [3.8, 4) is 0 Å². The first-order valence-electron chi connectivity index (χ1n) is 5.80. The third kappa shape index (κ3) is 4.75. The molecule has 1 aromatic rings. The molecule has 0 N–H and O–H groups in total. The van der Waals surface area contributed by atoms with Crippen molar-refractivity contribution in [3.05, 3.63) is 58.2 Å². The van der Waals surface area contributed by atoms with E-state index in [1.54, 1.807) is 31.2 Å². The summed E-state index contributed by atoms with van der Waals surface area (Å²) in [6.07, 6.45) is 3.92. The Hall–Kier alpha value is -2.43. The molecule has 0 radical (unpaired) electrons. The van der Waals surface area contributed by atoms with E-state index in [0.717, 1.165) is 5.56 Å². The number of non-ortho nitro benzene ring substituents is 1. The molecule has 0 saturated carbocycles. The first kappa shape index (κ1) is 14.6. The lowest BCUT2D eigenvalue weighted by Crippen LogP contribution is -2.05. The van der Waals surface area contributed by atoms with Crippen molar-refractivity contribution in [2.75, 3.05) is 6.61 Å². The molecule has 0 bridgehead atoms. The van der Waals surface area contributed by atoms with Gasteiger partial charge in [0, 0.05) is 17.7 Å². The number of ether oxygens (including phenoxy) is 1. The second-order valence-corrected chi connectivity index (χ2v) is 3.78. The van der Waals surface area contributed by atoms with Crippen LogP contribution < -0.4 is 0 Å². The number of esters is 1. The molecule has 0 aliphatic carbocycles. The number of carbonyl (C=O) groups excluding carboxylic acids is 1. The number of nitro benzene ring substituents is 1. The number of rotatable bonds is 6. The second kappa shape index (κ2) is 7.10. The van der Waals surface area contributed by atoms with Crippen LogP contribution in [0.1, 0.15) is 18.9 Å². The normalized spacial score (nSPS) is 10.4. The van der Waals surface area contributed by atoms with Crippen molar-refractivity contribution in [2.45, 2.75) is 13.3 Å². The van der Waals surface area contributed by atoms with Gasteiger partial charge >= 0.3 is 5.97 Å². The molecule has 1 aromatic carbocycles. The number of benzene rings is 1. The summed E-state index contributed by atoms with van der Waals surface area (Å²) < 4.78 is 4.80. The van der Waals surface area contributed by atoms with E-state index in [0.29, 0.717) is 18.6 Å². The van der Waals surface area contributed by atoms with Crippen LogP contribution in [-0.2, 0) is 9.53 Å². The van der Waals surface area contributed by atoms with E-state index in [1.165, 1.54) is 12.1 Å². The molecule has 1 rings (SSSR count). The summed E-state index contributed by atoms with van der Waals surface area (Å²) in [4.78, 5) is 21.3. The Bertz CT molecular complexity index is 503. The Morgan fingerprint density at radius 2 is 2.05 bits per heavy atom. The average molecular weight is 261 g/mol. The molecule has 5 nitrogen and oxygen atoms in total. The van der Waals surface area contributed by atoms with Gasteiger partial charge in [-0.15, -0.1) is 0 Å². The Balaban J connectivity index is 2.55. The van der Waals surface area contributed by atoms with Crippen molar-refractivity contribution in [3.63, 3.8) is 0 Å². The van der Waals surface area contributed by atoms with Gasteiger partial charge in [-0.05, 0) is 31.0 Å². The van der Waals surface area contributed by atoms with Crippen LogP contribution in [-0.4, -0.2) is 17.5 Å². The highest BCUT2D eigenvalue weighted by Crippen LogP contribution is 2.13. The summed E-state index contributed by atoms with van der Waals surface area (Å²) in [6, 6.07) is 6.14. The second-order valence-electron chi connectivity index (χ2n) is 3.78. The van der Waals surface area contributed by atoms with Gasteiger partial charge in [0.25, 0.3) is 5.69 Å². The Morgan fingerprint density at radius 1 is 1.42 bits per heavy atom. The maximum absolute atomic E-state index is 11.3. The molecular weight excluding hydrogens is 246 g/mol. The molecule has 0 spiro atoms. The number of allylic oxidation sites excluding steroid dienone is 1. The molecule has 0 atom stereocenters. The number of nitrogens with zero attached hydrogens (tertiary/aromatic N) is 1. The highest BCUT2D eigenvalue weighted by molar-refractivity contribution is 5.88. The highest BCUT2D eigenvalue weighted by Gasteiger charge is 2.05. The zero-order chi connectivity index (χ0) is 14.3. The summed E-state index contributed by atoms with van der Waals surface area (Å²) in [5.74, 6) is -0.407. The SMILES string of the molecule is C=C(C/C=C/c1ccc([N+](=O)[O-])cc1)C(=O)OCC. The molecule has 0 saturated heterocycles. The van der Waals surface area contributed by atoms with Crippen LogP contribution in [0.3, 0.4) is 0 Å². The van der Waals surface area contributed by atoms with Crippen LogP contribution in [0.15, 0.2) is 42.5 Å². The fourth-order valence-electron chi connectivity index (χ4n) is 1.36. The van der Waals surface area contributed by atoms with Crippen LogP contribution in [0.2, 0.25) is 0 Å². The van der Waals surface area contributed by atoms with E-state index in [-0.39, 0.29) is 5.69 Å². The van der Waals surface area contributed by atoms with E-state index in [9.17, 15) is 14.9 Å². The molecule has 19 heavy (non-hydrogen) atoms. The fourth-order valence-corrected chi connectivity index (χ4v) is 1.36. The number of hydrogen-bond acceptors (Lipinski definition) is 4. The van der Waals surface area contributed by atoms with E-state index in [2.05, 4.69) is 6.58 Å². The van der Waals surface area contributed by atoms with Gasteiger partial charge in [-0.1, -0.05) is 18.7 Å². The Labute approximate surface area is 111 Å². The average Bonchev–Trinajstić information content (AvgIpc) is 2.39. The topological polar surface area (TPSA) is 69.4 Å². The highest BCUT2D eigenvalue weighted by atomic mass is 16.6. The van der Waals surface area contributed by atoms with E-state index in [1.807, 2.05) is 0 Å². The summed E-state index contributed by atoms with van der Waals surface area (Å²) in [5.41, 5.74) is 1.25. The predicted molar refractivity (Wildman–Crippen MR) is 72.5 cm³/mol. The van der Waals surface area contributed by atoms with E-state index >= 15 is 0 Å². The van der Waals surface area contributed by atoms with Gasteiger partial charge in [-0.25, -0.2) is 4.79 Å². The number of nitro groups is 1. The zero-order valence-electron chi connectivity index (χ0n) is 10.7. The van der Waals surface area contributed by atoms with Crippen molar-refractivity contribution in [1.29, 1.82) is 0 Å². The fraction of sp³-hybridized carbons (Fsp3) is 0.214. The maximum atomic E-state index is 11.3. The van der Waals surface area contributed by atoms with E-state index in [4.69, 9.17) is 4.74 Å². The Kier molecular flexibility index (Phi) is 5.47. The minimum atomic E-state index is -0.448. The minimum absolute atomic E-state index is 0.0492.